The molecule has 0 spiro atoms. The molecule has 0 N–H and O–H groups in total. The van der Waals surface area contributed by atoms with Crippen molar-refractivity contribution in [2.75, 3.05) is 7.05 Å². The van der Waals surface area contributed by atoms with E-state index in [1.165, 1.54) is 0 Å². The molecule has 3 rings (SSSR count). The van der Waals surface area contributed by atoms with Crippen molar-refractivity contribution in [1.29, 1.82) is 0 Å². The highest BCUT2D eigenvalue weighted by Crippen LogP contribution is 2.28. The van der Waals surface area contributed by atoms with E-state index in [4.69, 9.17) is 0 Å². The van der Waals surface area contributed by atoms with E-state index in [0.29, 0.717) is 10.2 Å². The normalized spacial score (nSPS) is 20.2. The maximum Gasteiger partial charge on any atom is 0.223 e. The van der Waals surface area contributed by atoms with Crippen LogP contribution in [0.15, 0.2) is 58.6 Å². The van der Waals surface area contributed by atoms with Gasteiger partial charge in [0.2, 0.25) is 6.34 Å². The first-order chi connectivity index (χ1) is 9.73. The number of hydrogen-bond donors (Lipinski definition) is 0. The van der Waals surface area contributed by atoms with Gasteiger partial charge in [0.1, 0.15) is 7.05 Å². The fourth-order valence-electron chi connectivity index (χ4n) is 2.27. The predicted molar refractivity (Wildman–Crippen MR) is 82.0 cm³/mol. The van der Waals surface area contributed by atoms with Crippen LogP contribution in [0.3, 0.4) is 0 Å². The van der Waals surface area contributed by atoms with Gasteiger partial charge in [-0.05, 0) is 23.3 Å². The van der Waals surface area contributed by atoms with E-state index >= 15 is 0 Å². The number of quaternary nitrogens is 1. The largest absolute Gasteiger partial charge is 0.298 e. The molecule has 0 amide bonds. The average Bonchev–Trinajstić information content (AvgIpc) is 2.95. The Kier molecular flexibility index (Phi) is 3.00. The molecule has 4 nitrogen and oxygen atoms in total. The lowest BCUT2D eigenvalue weighted by molar-refractivity contribution is 0.112. The SMILES string of the molecule is C[N+]1(c2ccc(-c3ccccc3C=O)cc2)C=NC=N1. The van der Waals surface area contributed by atoms with Gasteiger partial charge in [0.25, 0.3) is 0 Å². The number of aldehydes is 1. The molecular weight excluding hydrogens is 250 g/mol. The molecule has 0 bridgehead atoms. The Bertz CT molecular complexity index is 690. The van der Waals surface area contributed by atoms with Gasteiger partial charge < -0.3 is 0 Å². The number of hydrogen-bond acceptors (Lipinski definition) is 3. The Labute approximate surface area is 117 Å². The van der Waals surface area contributed by atoms with Gasteiger partial charge in [-0.25, -0.2) is 0 Å². The van der Waals surface area contributed by atoms with E-state index in [1.54, 1.807) is 12.7 Å². The van der Waals surface area contributed by atoms with Crippen molar-refractivity contribution in [3.8, 4) is 11.1 Å². The molecule has 1 unspecified atom stereocenters. The van der Waals surface area contributed by atoms with E-state index in [2.05, 4.69) is 10.1 Å². The topological polar surface area (TPSA) is 41.8 Å². The first kappa shape index (κ1) is 12.4. The van der Waals surface area contributed by atoms with Crippen molar-refractivity contribution in [3.63, 3.8) is 0 Å². The molecule has 0 aliphatic carbocycles. The maximum absolute atomic E-state index is 11.1. The first-order valence-electron chi connectivity index (χ1n) is 6.33. The maximum atomic E-state index is 11.1. The Morgan fingerprint density at radius 2 is 1.80 bits per heavy atom. The second-order valence-corrected chi connectivity index (χ2v) is 4.77. The molecule has 1 aliphatic rings. The summed E-state index contributed by atoms with van der Waals surface area (Å²) in [5.74, 6) is 0. The summed E-state index contributed by atoms with van der Waals surface area (Å²) >= 11 is 0. The van der Waals surface area contributed by atoms with Crippen LogP contribution in [0.1, 0.15) is 10.4 Å². The molecule has 2 aromatic carbocycles. The lowest BCUT2D eigenvalue weighted by Crippen LogP contribution is -2.34. The van der Waals surface area contributed by atoms with Crippen molar-refractivity contribution >= 4 is 24.7 Å². The minimum Gasteiger partial charge on any atom is -0.298 e. The Morgan fingerprint density at radius 3 is 2.45 bits per heavy atom. The van der Waals surface area contributed by atoms with Crippen LogP contribution >= 0.6 is 0 Å². The average molecular weight is 264 g/mol. The zero-order chi connectivity index (χ0) is 14.0. The van der Waals surface area contributed by atoms with Crippen LogP contribution in [0.2, 0.25) is 0 Å². The van der Waals surface area contributed by atoms with Crippen LogP contribution in [-0.2, 0) is 0 Å². The minimum atomic E-state index is 0.315. The molecule has 0 saturated carbocycles. The van der Waals surface area contributed by atoms with Crippen LogP contribution in [0.5, 0.6) is 0 Å². The Hall–Kier alpha value is -2.59. The van der Waals surface area contributed by atoms with Gasteiger partial charge in [-0.2, -0.15) is 4.99 Å². The molecule has 1 heterocycles. The minimum absolute atomic E-state index is 0.315. The van der Waals surface area contributed by atoms with Crippen LogP contribution in [0.25, 0.3) is 11.1 Å². The number of nitrogens with zero attached hydrogens (tertiary/aromatic N) is 3. The molecular formula is C16H14N3O+. The number of carbonyl (C=O) groups excluding carboxylic acids is 1. The molecule has 1 aliphatic heterocycles. The van der Waals surface area contributed by atoms with E-state index < -0.39 is 0 Å². The van der Waals surface area contributed by atoms with Crippen molar-refractivity contribution in [3.05, 3.63) is 54.1 Å². The smallest absolute Gasteiger partial charge is 0.223 e. The highest BCUT2D eigenvalue weighted by atomic mass is 16.1. The highest BCUT2D eigenvalue weighted by molar-refractivity contribution is 5.89. The van der Waals surface area contributed by atoms with Gasteiger partial charge in [0.15, 0.2) is 18.3 Å². The highest BCUT2D eigenvalue weighted by Gasteiger charge is 2.25. The summed E-state index contributed by atoms with van der Waals surface area (Å²) in [6.45, 7) is 0. The second kappa shape index (κ2) is 4.83. The molecule has 2 aromatic rings. The second-order valence-electron chi connectivity index (χ2n) is 4.77. The third-order valence-electron chi connectivity index (χ3n) is 3.44. The molecule has 1 atom stereocenters. The molecule has 0 fully saturated rings. The van der Waals surface area contributed by atoms with E-state index in [0.717, 1.165) is 23.1 Å². The van der Waals surface area contributed by atoms with Gasteiger partial charge in [-0.15, -0.1) is 4.59 Å². The summed E-state index contributed by atoms with van der Waals surface area (Å²) < 4.78 is 0.315. The van der Waals surface area contributed by atoms with Crippen molar-refractivity contribution in [1.82, 2.24) is 4.59 Å². The molecule has 4 heteroatoms. The molecule has 98 valence electrons. The standard InChI is InChI=1S/C16H14N3O/c1-19(12-17-11-18-19)15-8-6-13(7-9-15)16-5-3-2-4-14(16)10-20/h2-12H,1H3/q+1. The quantitative estimate of drug-likeness (QED) is 0.620. The number of aliphatic imine (C=N–C) groups is 1. The fraction of sp³-hybridized carbons (Fsp3) is 0.0625. The Balaban J connectivity index is 2.00. The molecule has 0 saturated heterocycles. The van der Waals surface area contributed by atoms with Crippen molar-refractivity contribution in [2.24, 2.45) is 10.1 Å². The van der Waals surface area contributed by atoms with Gasteiger partial charge in [0.05, 0.1) is 0 Å². The summed E-state index contributed by atoms with van der Waals surface area (Å²) in [5, 5.41) is 4.31. The van der Waals surface area contributed by atoms with Crippen molar-refractivity contribution in [2.45, 2.75) is 0 Å². The third-order valence-corrected chi connectivity index (χ3v) is 3.44. The molecule has 0 radical (unpaired) electrons. The zero-order valence-corrected chi connectivity index (χ0v) is 11.1. The lowest BCUT2D eigenvalue weighted by atomic mass is 10.0. The van der Waals surface area contributed by atoms with Gasteiger partial charge in [-0.1, -0.05) is 29.4 Å². The number of benzene rings is 2. The van der Waals surface area contributed by atoms with Gasteiger partial charge in [0, 0.05) is 17.7 Å². The van der Waals surface area contributed by atoms with Crippen LogP contribution in [-0.4, -0.2) is 26.0 Å². The first-order valence-corrected chi connectivity index (χ1v) is 6.33. The summed E-state index contributed by atoms with van der Waals surface area (Å²) in [7, 11) is 1.96. The Morgan fingerprint density at radius 1 is 1.05 bits per heavy atom. The summed E-state index contributed by atoms with van der Waals surface area (Å²) in [5.41, 5.74) is 3.68. The summed E-state index contributed by atoms with van der Waals surface area (Å²) in [6.07, 6.45) is 4.21. The summed E-state index contributed by atoms with van der Waals surface area (Å²) in [6, 6.07) is 15.6. The predicted octanol–water partition coefficient (Wildman–Crippen LogP) is 3.09. The third kappa shape index (κ3) is 2.06. The molecule has 20 heavy (non-hydrogen) atoms. The molecule has 0 aromatic heterocycles. The van der Waals surface area contributed by atoms with Crippen molar-refractivity contribution < 1.29 is 4.79 Å². The monoisotopic (exact) mass is 264 g/mol. The van der Waals surface area contributed by atoms with Crippen LogP contribution < -0.4 is 4.59 Å². The number of rotatable bonds is 3. The van der Waals surface area contributed by atoms with Gasteiger partial charge in [-0.3, -0.25) is 4.79 Å². The lowest BCUT2D eigenvalue weighted by Gasteiger charge is -2.18. The number of carbonyl (C=O) groups is 1. The van der Waals surface area contributed by atoms with E-state index in [-0.39, 0.29) is 0 Å². The van der Waals surface area contributed by atoms with E-state index in [1.807, 2.05) is 55.6 Å². The van der Waals surface area contributed by atoms with E-state index in [9.17, 15) is 4.79 Å². The van der Waals surface area contributed by atoms with Crippen LogP contribution in [0.4, 0.5) is 5.69 Å². The summed E-state index contributed by atoms with van der Waals surface area (Å²) in [4.78, 5) is 15.1. The fourth-order valence-corrected chi connectivity index (χ4v) is 2.27. The zero-order valence-electron chi connectivity index (χ0n) is 11.1. The van der Waals surface area contributed by atoms with Crippen LogP contribution in [0, 0.1) is 0 Å². The van der Waals surface area contributed by atoms with Gasteiger partial charge >= 0.3 is 0 Å².